The van der Waals surface area contributed by atoms with Crippen molar-refractivity contribution in [1.82, 2.24) is 20.9 Å². The molecule has 3 unspecified atom stereocenters. The normalized spacial score (nSPS) is 19.8. The SMILES string of the molecule is COc1cccc2[nH]c(C(=O)NC(CC3CCC3)C(=O)NC(C#N)CC3CCNC3=O)cc12. The fourth-order valence-corrected chi connectivity index (χ4v) is 4.53. The number of ether oxygens (including phenoxy) is 1. The molecule has 3 amide bonds. The van der Waals surface area contributed by atoms with E-state index >= 15 is 0 Å². The van der Waals surface area contributed by atoms with Gasteiger partial charge in [0.25, 0.3) is 5.91 Å². The zero-order valence-electron chi connectivity index (χ0n) is 18.6. The van der Waals surface area contributed by atoms with Crippen LogP contribution in [0.1, 0.15) is 49.0 Å². The maximum atomic E-state index is 13.1. The second-order valence-electron chi connectivity index (χ2n) is 8.87. The Bertz CT molecular complexity index is 1080. The average molecular weight is 452 g/mol. The molecular formula is C24H29N5O4. The Balaban J connectivity index is 1.46. The molecule has 2 aliphatic rings. The second-order valence-corrected chi connectivity index (χ2v) is 8.87. The van der Waals surface area contributed by atoms with Crippen LogP contribution in [0.5, 0.6) is 5.75 Å². The standard InChI is InChI=1S/C24H29N5O4/c1-33-21-7-3-6-18-17(21)12-20(28-18)24(32)29-19(10-14-4-2-5-14)23(31)27-16(13-25)11-15-8-9-26-22(15)30/h3,6-7,12,14-16,19,28H,2,4-5,8-11H2,1H3,(H,26,30)(H,27,31)(H,29,32). The van der Waals surface area contributed by atoms with Crippen LogP contribution in [-0.2, 0) is 9.59 Å². The molecule has 9 heteroatoms. The van der Waals surface area contributed by atoms with Gasteiger partial charge in [0.2, 0.25) is 11.8 Å². The quantitative estimate of drug-likeness (QED) is 0.462. The van der Waals surface area contributed by atoms with Crippen LogP contribution in [0.25, 0.3) is 10.9 Å². The molecular weight excluding hydrogens is 422 g/mol. The molecule has 0 bridgehead atoms. The molecule has 3 atom stereocenters. The van der Waals surface area contributed by atoms with Gasteiger partial charge < -0.3 is 25.7 Å². The summed E-state index contributed by atoms with van der Waals surface area (Å²) in [5.74, 6) is -0.135. The van der Waals surface area contributed by atoms with Gasteiger partial charge in [-0.2, -0.15) is 5.26 Å². The number of nitriles is 1. The lowest BCUT2D eigenvalue weighted by Crippen LogP contribution is -2.51. The van der Waals surface area contributed by atoms with Gasteiger partial charge in [-0.3, -0.25) is 14.4 Å². The van der Waals surface area contributed by atoms with Crippen molar-refractivity contribution >= 4 is 28.6 Å². The molecule has 1 aliphatic heterocycles. The minimum absolute atomic E-state index is 0.0851. The van der Waals surface area contributed by atoms with E-state index in [9.17, 15) is 19.6 Å². The third-order valence-electron chi connectivity index (χ3n) is 6.66. The molecule has 1 aromatic heterocycles. The average Bonchev–Trinajstić information content (AvgIpc) is 3.40. The largest absolute Gasteiger partial charge is 0.496 e. The molecule has 1 aliphatic carbocycles. The van der Waals surface area contributed by atoms with Gasteiger partial charge >= 0.3 is 0 Å². The van der Waals surface area contributed by atoms with Crippen LogP contribution in [0, 0.1) is 23.2 Å². The Kier molecular flexibility index (Phi) is 6.82. The third kappa shape index (κ3) is 5.11. The number of hydrogen-bond donors (Lipinski definition) is 4. The summed E-state index contributed by atoms with van der Waals surface area (Å²) in [6.07, 6.45) is 4.59. The summed E-state index contributed by atoms with van der Waals surface area (Å²) in [5.41, 5.74) is 1.10. The summed E-state index contributed by atoms with van der Waals surface area (Å²) in [4.78, 5) is 41.0. The van der Waals surface area contributed by atoms with Gasteiger partial charge in [-0.1, -0.05) is 25.3 Å². The fourth-order valence-electron chi connectivity index (χ4n) is 4.53. The van der Waals surface area contributed by atoms with E-state index in [1.807, 2.05) is 18.2 Å². The van der Waals surface area contributed by atoms with Crippen molar-refractivity contribution < 1.29 is 19.1 Å². The first kappa shape index (κ1) is 22.6. The van der Waals surface area contributed by atoms with Gasteiger partial charge in [0.15, 0.2) is 0 Å². The highest BCUT2D eigenvalue weighted by molar-refractivity contribution is 6.01. The zero-order valence-corrected chi connectivity index (χ0v) is 18.6. The van der Waals surface area contributed by atoms with E-state index in [1.165, 1.54) is 0 Å². The third-order valence-corrected chi connectivity index (χ3v) is 6.66. The number of benzene rings is 1. The molecule has 9 nitrogen and oxygen atoms in total. The van der Waals surface area contributed by atoms with Crippen LogP contribution in [0.3, 0.4) is 0 Å². The first-order valence-corrected chi connectivity index (χ1v) is 11.4. The first-order valence-electron chi connectivity index (χ1n) is 11.4. The number of hydrogen-bond acceptors (Lipinski definition) is 5. The molecule has 1 saturated heterocycles. The first-order chi connectivity index (χ1) is 16.0. The molecule has 4 N–H and O–H groups in total. The van der Waals surface area contributed by atoms with E-state index in [0.717, 1.165) is 30.2 Å². The Labute approximate surface area is 192 Å². The van der Waals surface area contributed by atoms with E-state index in [1.54, 1.807) is 13.2 Å². The lowest BCUT2D eigenvalue weighted by Gasteiger charge is -2.30. The van der Waals surface area contributed by atoms with Crippen molar-refractivity contribution in [3.63, 3.8) is 0 Å². The Morgan fingerprint density at radius 2 is 2.06 bits per heavy atom. The van der Waals surface area contributed by atoms with E-state index in [2.05, 4.69) is 27.0 Å². The second kappa shape index (κ2) is 9.94. The smallest absolute Gasteiger partial charge is 0.268 e. The number of amides is 3. The number of H-pyrrole nitrogens is 1. The molecule has 174 valence electrons. The fraction of sp³-hybridized carbons (Fsp3) is 0.500. The summed E-state index contributed by atoms with van der Waals surface area (Å²) in [5, 5.41) is 18.7. The van der Waals surface area contributed by atoms with E-state index in [4.69, 9.17) is 4.74 Å². The van der Waals surface area contributed by atoms with Crippen LogP contribution < -0.4 is 20.7 Å². The van der Waals surface area contributed by atoms with Crippen LogP contribution in [0.15, 0.2) is 24.3 Å². The minimum atomic E-state index is -0.788. The van der Waals surface area contributed by atoms with Gasteiger partial charge in [0.05, 0.1) is 13.2 Å². The molecule has 2 heterocycles. The van der Waals surface area contributed by atoms with Gasteiger partial charge in [0.1, 0.15) is 23.5 Å². The van der Waals surface area contributed by atoms with Gasteiger partial charge in [-0.25, -0.2) is 0 Å². The van der Waals surface area contributed by atoms with Crippen molar-refractivity contribution in [3.8, 4) is 11.8 Å². The number of methoxy groups -OCH3 is 1. The molecule has 1 aromatic carbocycles. The molecule has 2 fully saturated rings. The number of nitrogens with zero attached hydrogens (tertiary/aromatic N) is 1. The summed E-state index contributed by atoms with van der Waals surface area (Å²) in [6.45, 7) is 0.589. The van der Waals surface area contributed by atoms with Crippen LogP contribution in [0.2, 0.25) is 0 Å². The predicted molar refractivity (Wildman–Crippen MR) is 121 cm³/mol. The number of fused-ring (bicyclic) bond motifs is 1. The Morgan fingerprint density at radius 3 is 2.70 bits per heavy atom. The molecule has 1 saturated carbocycles. The van der Waals surface area contributed by atoms with E-state index in [0.29, 0.717) is 36.7 Å². The zero-order chi connectivity index (χ0) is 23.4. The highest BCUT2D eigenvalue weighted by Crippen LogP contribution is 2.31. The van der Waals surface area contributed by atoms with Crippen molar-refractivity contribution in [1.29, 1.82) is 5.26 Å². The molecule has 0 radical (unpaired) electrons. The predicted octanol–water partition coefficient (Wildman–Crippen LogP) is 2.00. The monoisotopic (exact) mass is 451 g/mol. The van der Waals surface area contributed by atoms with Crippen molar-refractivity contribution in [2.75, 3.05) is 13.7 Å². The molecule has 0 spiro atoms. The highest BCUT2D eigenvalue weighted by atomic mass is 16.5. The van der Waals surface area contributed by atoms with Crippen molar-refractivity contribution in [2.24, 2.45) is 11.8 Å². The maximum Gasteiger partial charge on any atom is 0.268 e. The Hall–Kier alpha value is -3.54. The molecule has 4 rings (SSSR count). The van der Waals surface area contributed by atoms with E-state index < -0.39 is 23.9 Å². The van der Waals surface area contributed by atoms with Crippen molar-refractivity contribution in [2.45, 2.75) is 50.6 Å². The molecule has 2 aromatic rings. The number of rotatable bonds is 9. The summed E-state index contributed by atoms with van der Waals surface area (Å²) >= 11 is 0. The lowest BCUT2D eigenvalue weighted by molar-refractivity contribution is -0.125. The number of carbonyl (C=O) groups excluding carboxylic acids is 3. The number of nitrogens with one attached hydrogen (secondary N) is 4. The van der Waals surface area contributed by atoms with Gasteiger partial charge in [0, 0.05) is 23.4 Å². The number of aromatic amines is 1. The van der Waals surface area contributed by atoms with E-state index in [-0.39, 0.29) is 18.2 Å². The summed E-state index contributed by atoms with van der Waals surface area (Å²) in [6, 6.07) is 7.75. The highest BCUT2D eigenvalue weighted by Gasteiger charge is 2.32. The van der Waals surface area contributed by atoms with Crippen LogP contribution >= 0.6 is 0 Å². The number of aromatic nitrogens is 1. The Morgan fingerprint density at radius 1 is 1.24 bits per heavy atom. The lowest BCUT2D eigenvalue weighted by atomic mass is 9.80. The number of carbonyl (C=O) groups is 3. The van der Waals surface area contributed by atoms with Crippen LogP contribution in [-0.4, -0.2) is 48.4 Å². The summed E-state index contributed by atoms with van der Waals surface area (Å²) in [7, 11) is 1.57. The summed E-state index contributed by atoms with van der Waals surface area (Å²) < 4.78 is 5.36. The van der Waals surface area contributed by atoms with Gasteiger partial charge in [-0.15, -0.1) is 0 Å². The maximum absolute atomic E-state index is 13.1. The minimum Gasteiger partial charge on any atom is -0.496 e. The van der Waals surface area contributed by atoms with Crippen LogP contribution in [0.4, 0.5) is 0 Å². The molecule has 33 heavy (non-hydrogen) atoms. The topological polar surface area (TPSA) is 136 Å². The van der Waals surface area contributed by atoms with Gasteiger partial charge in [-0.05, 0) is 43.4 Å². The van der Waals surface area contributed by atoms with Crippen molar-refractivity contribution in [3.05, 3.63) is 30.0 Å².